The van der Waals surface area contributed by atoms with Crippen LogP contribution in [0.3, 0.4) is 0 Å². The number of aryl methyl sites for hydroxylation is 2. The van der Waals surface area contributed by atoms with Crippen LogP contribution in [0.5, 0.6) is 11.5 Å². The predicted octanol–water partition coefficient (Wildman–Crippen LogP) is 6.05. The van der Waals surface area contributed by atoms with Crippen LogP contribution in [0.1, 0.15) is 11.1 Å². The molecule has 0 unspecified atom stereocenters. The summed E-state index contributed by atoms with van der Waals surface area (Å²) in [6.45, 7) is 3.30. The molecule has 200 valence electrons. The number of anilines is 2. The van der Waals surface area contributed by atoms with Crippen molar-refractivity contribution in [1.29, 1.82) is 0 Å². The smallest absolute Gasteiger partial charge is 0.264 e. The zero-order valence-corrected chi connectivity index (χ0v) is 22.8. The summed E-state index contributed by atoms with van der Waals surface area (Å²) in [6, 6.07) is 22.8. The van der Waals surface area contributed by atoms with Gasteiger partial charge in [0.2, 0.25) is 5.91 Å². The fourth-order valence-electron chi connectivity index (χ4n) is 4.65. The number of para-hydroxylation sites is 1. The molecule has 0 bridgehead atoms. The van der Waals surface area contributed by atoms with E-state index < -0.39 is 22.5 Å². The molecule has 0 atom stereocenters. The lowest BCUT2D eigenvalue weighted by Crippen LogP contribution is -2.38. The maximum Gasteiger partial charge on any atom is 0.264 e. The lowest BCUT2D eigenvalue weighted by Gasteiger charge is -2.25. The number of methoxy groups -OCH3 is 2. The Morgan fingerprint density at radius 2 is 1.51 bits per heavy atom. The number of nitrogens with one attached hydrogen (secondary N) is 1. The highest BCUT2D eigenvalue weighted by molar-refractivity contribution is 7.92. The van der Waals surface area contributed by atoms with Gasteiger partial charge in [0.25, 0.3) is 10.0 Å². The van der Waals surface area contributed by atoms with E-state index in [0.29, 0.717) is 22.7 Å². The number of benzene rings is 4. The van der Waals surface area contributed by atoms with Crippen LogP contribution < -0.4 is 19.1 Å². The molecule has 9 heteroatoms. The van der Waals surface area contributed by atoms with Crippen molar-refractivity contribution in [1.82, 2.24) is 0 Å². The summed E-state index contributed by atoms with van der Waals surface area (Å²) < 4.78 is 45.4. The minimum absolute atomic E-state index is 0.0317. The van der Waals surface area contributed by atoms with Gasteiger partial charge in [-0.3, -0.25) is 9.10 Å². The number of ether oxygens (including phenoxy) is 2. The topological polar surface area (TPSA) is 98.1 Å². The first kappa shape index (κ1) is 26.1. The van der Waals surface area contributed by atoms with Crippen molar-refractivity contribution in [3.63, 3.8) is 0 Å². The van der Waals surface area contributed by atoms with E-state index in [2.05, 4.69) is 5.32 Å². The van der Waals surface area contributed by atoms with Gasteiger partial charge in [0.15, 0.2) is 11.5 Å². The van der Waals surface area contributed by atoms with E-state index >= 15 is 0 Å². The van der Waals surface area contributed by atoms with Crippen molar-refractivity contribution in [3.8, 4) is 11.5 Å². The first-order valence-corrected chi connectivity index (χ1v) is 13.7. The molecule has 0 radical (unpaired) electrons. The minimum Gasteiger partial charge on any atom is -0.493 e. The third-order valence-electron chi connectivity index (χ3n) is 6.39. The zero-order chi connectivity index (χ0) is 27.7. The number of sulfonamides is 1. The molecular formula is C30H28N2O6S. The molecule has 0 saturated heterocycles. The average molecular weight is 545 g/mol. The number of hydrogen-bond donors (Lipinski definition) is 1. The van der Waals surface area contributed by atoms with Crippen LogP contribution in [0, 0.1) is 13.8 Å². The van der Waals surface area contributed by atoms with Gasteiger partial charge in [0.1, 0.15) is 17.7 Å². The maximum atomic E-state index is 13.9. The van der Waals surface area contributed by atoms with Crippen LogP contribution in [-0.2, 0) is 14.8 Å². The number of fused-ring (bicyclic) bond motifs is 3. The predicted molar refractivity (Wildman–Crippen MR) is 152 cm³/mol. The molecule has 5 aromatic rings. The van der Waals surface area contributed by atoms with Crippen LogP contribution in [0.2, 0.25) is 0 Å². The molecule has 8 nitrogen and oxygen atoms in total. The summed E-state index contributed by atoms with van der Waals surface area (Å²) in [7, 11) is -1.26. The van der Waals surface area contributed by atoms with Gasteiger partial charge in [0, 0.05) is 28.6 Å². The van der Waals surface area contributed by atoms with Crippen LogP contribution in [-0.4, -0.2) is 35.1 Å². The molecule has 1 amide bonds. The third kappa shape index (κ3) is 5.13. The Bertz CT molecular complexity index is 1790. The molecule has 1 N–H and O–H groups in total. The maximum absolute atomic E-state index is 13.9. The van der Waals surface area contributed by atoms with Crippen molar-refractivity contribution in [3.05, 3.63) is 90.0 Å². The molecule has 5 rings (SSSR count). The van der Waals surface area contributed by atoms with E-state index in [1.807, 2.05) is 50.2 Å². The number of rotatable bonds is 8. The molecule has 4 aromatic carbocycles. The van der Waals surface area contributed by atoms with Crippen LogP contribution in [0.25, 0.3) is 21.9 Å². The molecule has 0 fully saturated rings. The number of amides is 1. The van der Waals surface area contributed by atoms with E-state index in [-0.39, 0.29) is 10.6 Å². The summed E-state index contributed by atoms with van der Waals surface area (Å²) in [5.41, 5.74) is 3.98. The Labute approximate surface area is 226 Å². The van der Waals surface area contributed by atoms with Gasteiger partial charge < -0.3 is 19.2 Å². The third-order valence-corrected chi connectivity index (χ3v) is 8.16. The molecule has 1 heterocycles. The summed E-state index contributed by atoms with van der Waals surface area (Å²) in [4.78, 5) is 13.3. The standard InChI is InChI=1S/C30H28N2O6S/c1-19-13-20(2)15-22(14-19)32(39(34,35)23-10-12-27(36-3)29(17-23)37-4)18-30(33)31-21-9-11-25-24-7-5-6-8-26(24)38-28(25)16-21/h5-17H,18H2,1-4H3,(H,31,33). The number of furan rings is 1. The van der Waals surface area contributed by atoms with Gasteiger partial charge in [-0.1, -0.05) is 24.3 Å². The quantitative estimate of drug-likeness (QED) is 0.255. The Balaban J connectivity index is 1.49. The second-order valence-electron chi connectivity index (χ2n) is 9.23. The highest BCUT2D eigenvalue weighted by Crippen LogP contribution is 2.33. The monoisotopic (exact) mass is 544 g/mol. The van der Waals surface area contributed by atoms with E-state index in [4.69, 9.17) is 13.9 Å². The number of hydrogen-bond acceptors (Lipinski definition) is 6. The first-order valence-electron chi connectivity index (χ1n) is 12.2. The van der Waals surface area contributed by atoms with E-state index in [1.54, 1.807) is 24.3 Å². The first-order chi connectivity index (χ1) is 18.7. The van der Waals surface area contributed by atoms with Gasteiger partial charge in [-0.2, -0.15) is 0 Å². The van der Waals surface area contributed by atoms with Gasteiger partial charge in [-0.05, 0) is 67.4 Å². The SMILES string of the molecule is COc1ccc(S(=O)(=O)N(CC(=O)Nc2ccc3c(c2)oc2ccccc23)c2cc(C)cc(C)c2)cc1OC. The highest BCUT2D eigenvalue weighted by Gasteiger charge is 2.29. The van der Waals surface area contributed by atoms with Crippen molar-refractivity contribution in [2.45, 2.75) is 18.7 Å². The average Bonchev–Trinajstić information content (AvgIpc) is 3.28. The van der Waals surface area contributed by atoms with Gasteiger partial charge >= 0.3 is 0 Å². The Morgan fingerprint density at radius 1 is 0.821 bits per heavy atom. The lowest BCUT2D eigenvalue weighted by atomic mass is 10.1. The summed E-state index contributed by atoms with van der Waals surface area (Å²) >= 11 is 0. The molecule has 1 aromatic heterocycles. The van der Waals surface area contributed by atoms with E-state index in [0.717, 1.165) is 31.8 Å². The number of carbonyl (C=O) groups excluding carboxylic acids is 1. The van der Waals surface area contributed by atoms with Crippen molar-refractivity contribution in [2.24, 2.45) is 0 Å². The second-order valence-corrected chi connectivity index (χ2v) is 11.1. The Kier molecular flexibility index (Phi) is 6.93. The zero-order valence-electron chi connectivity index (χ0n) is 22.0. The van der Waals surface area contributed by atoms with Crippen LogP contribution in [0.15, 0.2) is 88.2 Å². The fraction of sp³-hybridized carbons (Fsp3) is 0.167. The Morgan fingerprint density at radius 3 is 2.23 bits per heavy atom. The molecular weight excluding hydrogens is 516 g/mol. The number of nitrogens with zero attached hydrogens (tertiary/aromatic N) is 1. The van der Waals surface area contributed by atoms with E-state index in [9.17, 15) is 13.2 Å². The largest absolute Gasteiger partial charge is 0.493 e. The molecule has 0 spiro atoms. The van der Waals surface area contributed by atoms with Crippen molar-refractivity contribution >= 4 is 49.2 Å². The summed E-state index contributed by atoms with van der Waals surface area (Å²) in [5.74, 6) is 0.157. The fourth-order valence-corrected chi connectivity index (χ4v) is 6.07. The van der Waals surface area contributed by atoms with Gasteiger partial charge in [-0.15, -0.1) is 0 Å². The summed E-state index contributed by atoms with van der Waals surface area (Å²) in [5, 5.41) is 4.73. The minimum atomic E-state index is -4.17. The molecule has 0 saturated carbocycles. The van der Waals surface area contributed by atoms with E-state index in [1.165, 1.54) is 32.4 Å². The van der Waals surface area contributed by atoms with Crippen LogP contribution in [0.4, 0.5) is 11.4 Å². The summed E-state index contributed by atoms with van der Waals surface area (Å²) in [6.07, 6.45) is 0. The molecule has 39 heavy (non-hydrogen) atoms. The van der Waals surface area contributed by atoms with Gasteiger partial charge in [-0.25, -0.2) is 8.42 Å². The molecule has 0 aliphatic rings. The molecule has 0 aliphatic carbocycles. The van der Waals surface area contributed by atoms with Gasteiger partial charge in [0.05, 0.1) is 24.8 Å². The lowest BCUT2D eigenvalue weighted by molar-refractivity contribution is -0.114. The Hall–Kier alpha value is -4.50. The second kappa shape index (κ2) is 10.3. The van der Waals surface area contributed by atoms with Crippen molar-refractivity contribution in [2.75, 3.05) is 30.4 Å². The molecule has 0 aliphatic heterocycles. The highest BCUT2D eigenvalue weighted by atomic mass is 32.2. The number of carbonyl (C=O) groups is 1. The normalized spacial score (nSPS) is 11.5. The van der Waals surface area contributed by atoms with Crippen molar-refractivity contribution < 1.29 is 27.1 Å². The van der Waals surface area contributed by atoms with Crippen LogP contribution >= 0.6 is 0 Å².